The molecule has 0 atom stereocenters. The largest absolute Gasteiger partial charge is 0.158 e. The molecule has 0 N–H and O–H groups in total. The Morgan fingerprint density at radius 1 is 0.591 bits per heavy atom. The minimum Gasteiger partial charge on any atom is -0.158 e. The Morgan fingerprint density at radius 2 is 1.05 bits per heavy atom. The first kappa shape index (κ1) is 14.0. The molecule has 2 heteroatoms. The lowest BCUT2D eigenvalue weighted by molar-refractivity contribution is 1.24. The van der Waals surface area contributed by atoms with Crippen LogP contribution in [0.2, 0.25) is 0 Å². The van der Waals surface area contributed by atoms with E-state index in [0.29, 0.717) is 0 Å². The predicted octanol–water partition coefficient (Wildman–Crippen LogP) is 4.56. The SMILES string of the molecule is C(=N/N=C(c1ccccc1)c1ccccc1)/c1ccccc1. The average molecular weight is 284 g/mol. The molecular weight excluding hydrogens is 268 g/mol. The van der Waals surface area contributed by atoms with Gasteiger partial charge in [-0.3, -0.25) is 0 Å². The van der Waals surface area contributed by atoms with Gasteiger partial charge in [-0.05, 0) is 5.56 Å². The van der Waals surface area contributed by atoms with E-state index in [1.54, 1.807) is 6.21 Å². The fourth-order valence-electron chi connectivity index (χ4n) is 2.17. The second-order valence-electron chi connectivity index (χ2n) is 4.84. The van der Waals surface area contributed by atoms with Crippen molar-refractivity contribution in [3.63, 3.8) is 0 Å². The molecule has 0 heterocycles. The molecular formula is C20H16N2. The van der Waals surface area contributed by atoms with Crippen LogP contribution in [0.3, 0.4) is 0 Å². The van der Waals surface area contributed by atoms with Crippen LogP contribution in [-0.2, 0) is 0 Å². The lowest BCUT2D eigenvalue weighted by Crippen LogP contribution is -2.02. The molecule has 3 aromatic carbocycles. The molecule has 0 radical (unpaired) electrons. The maximum absolute atomic E-state index is 4.45. The molecule has 22 heavy (non-hydrogen) atoms. The zero-order chi connectivity index (χ0) is 15.0. The van der Waals surface area contributed by atoms with Crippen LogP contribution in [0.15, 0.2) is 101 Å². The first-order valence-corrected chi connectivity index (χ1v) is 7.20. The minimum atomic E-state index is 0.869. The van der Waals surface area contributed by atoms with Gasteiger partial charge in [0.05, 0.1) is 6.21 Å². The zero-order valence-corrected chi connectivity index (χ0v) is 12.1. The third-order valence-electron chi connectivity index (χ3n) is 3.26. The predicted molar refractivity (Wildman–Crippen MR) is 92.6 cm³/mol. The Bertz CT molecular complexity index is 719. The van der Waals surface area contributed by atoms with E-state index in [2.05, 4.69) is 10.2 Å². The van der Waals surface area contributed by atoms with Gasteiger partial charge in [0, 0.05) is 11.1 Å². The quantitative estimate of drug-likeness (QED) is 0.496. The third kappa shape index (κ3) is 3.55. The van der Waals surface area contributed by atoms with Gasteiger partial charge in [-0.25, -0.2) is 0 Å². The molecule has 0 spiro atoms. The normalized spacial score (nSPS) is 10.5. The van der Waals surface area contributed by atoms with E-state index in [0.717, 1.165) is 22.4 Å². The van der Waals surface area contributed by atoms with E-state index in [9.17, 15) is 0 Å². The molecule has 0 unspecified atom stereocenters. The summed E-state index contributed by atoms with van der Waals surface area (Å²) in [5, 5.41) is 8.70. The molecule has 3 rings (SSSR count). The highest BCUT2D eigenvalue weighted by molar-refractivity contribution is 6.12. The highest BCUT2D eigenvalue weighted by Gasteiger charge is 2.05. The summed E-state index contributed by atoms with van der Waals surface area (Å²) in [6.45, 7) is 0. The van der Waals surface area contributed by atoms with Crippen molar-refractivity contribution < 1.29 is 0 Å². The smallest absolute Gasteiger partial charge is 0.100 e. The number of nitrogens with zero attached hydrogens (tertiary/aromatic N) is 2. The van der Waals surface area contributed by atoms with Crippen LogP contribution in [0.1, 0.15) is 16.7 Å². The Kier molecular flexibility index (Phi) is 4.53. The van der Waals surface area contributed by atoms with Crippen LogP contribution in [0, 0.1) is 0 Å². The van der Waals surface area contributed by atoms with Crippen molar-refractivity contribution in [1.29, 1.82) is 0 Å². The highest BCUT2D eigenvalue weighted by Crippen LogP contribution is 2.11. The second-order valence-corrected chi connectivity index (χ2v) is 4.84. The summed E-state index contributed by atoms with van der Waals surface area (Å²) < 4.78 is 0. The molecule has 0 fully saturated rings. The van der Waals surface area contributed by atoms with Crippen LogP contribution in [0.5, 0.6) is 0 Å². The topological polar surface area (TPSA) is 24.7 Å². The van der Waals surface area contributed by atoms with Gasteiger partial charge >= 0.3 is 0 Å². The van der Waals surface area contributed by atoms with Crippen molar-refractivity contribution in [2.75, 3.05) is 0 Å². The van der Waals surface area contributed by atoms with Crippen molar-refractivity contribution in [3.8, 4) is 0 Å². The maximum Gasteiger partial charge on any atom is 0.100 e. The standard InChI is InChI=1S/C20H16N2/c1-4-10-17(11-5-1)16-21-22-20(18-12-6-2-7-13-18)19-14-8-3-9-15-19/h1-16H/b21-16-. The van der Waals surface area contributed by atoms with Crippen LogP contribution in [0.25, 0.3) is 0 Å². The van der Waals surface area contributed by atoms with Crippen molar-refractivity contribution in [1.82, 2.24) is 0 Å². The summed E-state index contributed by atoms with van der Waals surface area (Å²) in [4.78, 5) is 0. The number of benzene rings is 3. The fourth-order valence-corrected chi connectivity index (χ4v) is 2.17. The van der Waals surface area contributed by atoms with Gasteiger partial charge in [0.2, 0.25) is 0 Å². The molecule has 0 aliphatic rings. The van der Waals surface area contributed by atoms with Crippen molar-refractivity contribution in [2.24, 2.45) is 10.2 Å². The summed E-state index contributed by atoms with van der Waals surface area (Å²) in [5.41, 5.74) is 4.01. The van der Waals surface area contributed by atoms with E-state index < -0.39 is 0 Å². The molecule has 0 bridgehead atoms. The monoisotopic (exact) mass is 284 g/mol. The van der Waals surface area contributed by atoms with E-state index in [1.165, 1.54) is 0 Å². The Labute approximate surface area is 130 Å². The van der Waals surface area contributed by atoms with Gasteiger partial charge < -0.3 is 0 Å². The third-order valence-corrected chi connectivity index (χ3v) is 3.26. The maximum atomic E-state index is 4.45. The number of hydrogen-bond donors (Lipinski definition) is 0. The van der Waals surface area contributed by atoms with Crippen LogP contribution >= 0.6 is 0 Å². The molecule has 2 nitrogen and oxygen atoms in total. The van der Waals surface area contributed by atoms with Crippen LogP contribution in [-0.4, -0.2) is 11.9 Å². The summed E-state index contributed by atoms with van der Waals surface area (Å²) in [5.74, 6) is 0. The molecule has 0 saturated heterocycles. The van der Waals surface area contributed by atoms with Gasteiger partial charge in [0.25, 0.3) is 0 Å². The summed E-state index contributed by atoms with van der Waals surface area (Å²) >= 11 is 0. The molecule has 0 aromatic heterocycles. The van der Waals surface area contributed by atoms with E-state index in [1.807, 2.05) is 91.0 Å². The van der Waals surface area contributed by atoms with Crippen molar-refractivity contribution in [2.45, 2.75) is 0 Å². The van der Waals surface area contributed by atoms with Crippen LogP contribution in [0.4, 0.5) is 0 Å². The fraction of sp³-hybridized carbons (Fsp3) is 0. The minimum absolute atomic E-state index is 0.869. The zero-order valence-electron chi connectivity index (χ0n) is 12.1. The average Bonchev–Trinajstić information content (AvgIpc) is 2.61. The summed E-state index contributed by atoms with van der Waals surface area (Å²) in [6.07, 6.45) is 1.77. The Balaban J connectivity index is 1.96. The highest BCUT2D eigenvalue weighted by atomic mass is 15.2. The summed E-state index contributed by atoms with van der Waals surface area (Å²) in [6, 6.07) is 30.2. The van der Waals surface area contributed by atoms with Gasteiger partial charge in [-0.2, -0.15) is 5.10 Å². The van der Waals surface area contributed by atoms with Crippen LogP contribution < -0.4 is 0 Å². The molecule has 0 saturated carbocycles. The molecule has 0 amide bonds. The Hall–Kier alpha value is -3.00. The number of rotatable bonds is 4. The van der Waals surface area contributed by atoms with Gasteiger partial charge in [-0.1, -0.05) is 91.0 Å². The van der Waals surface area contributed by atoms with E-state index in [-0.39, 0.29) is 0 Å². The first-order valence-electron chi connectivity index (χ1n) is 7.20. The Morgan fingerprint density at radius 3 is 1.55 bits per heavy atom. The lowest BCUT2D eigenvalue weighted by atomic mass is 10.0. The van der Waals surface area contributed by atoms with E-state index >= 15 is 0 Å². The number of hydrogen-bond acceptors (Lipinski definition) is 2. The summed E-state index contributed by atoms with van der Waals surface area (Å²) in [7, 11) is 0. The van der Waals surface area contributed by atoms with E-state index in [4.69, 9.17) is 0 Å². The lowest BCUT2D eigenvalue weighted by Gasteiger charge is -2.04. The first-order chi connectivity index (χ1) is 10.9. The molecule has 106 valence electrons. The van der Waals surface area contributed by atoms with Crippen molar-refractivity contribution >= 4 is 11.9 Å². The van der Waals surface area contributed by atoms with Gasteiger partial charge in [0.15, 0.2) is 0 Å². The van der Waals surface area contributed by atoms with Crippen molar-refractivity contribution in [3.05, 3.63) is 108 Å². The molecule has 0 aliphatic carbocycles. The van der Waals surface area contributed by atoms with Gasteiger partial charge in [0.1, 0.15) is 5.71 Å². The molecule has 0 aliphatic heterocycles. The molecule has 3 aromatic rings. The van der Waals surface area contributed by atoms with Gasteiger partial charge in [-0.15, -0.1) is 5.10 Å². The second kappa shape index (κ2) is 7.14.